The SMILES string of the molecule is CC(C)[C@@H](C)[C@@H](O)[C@H](O)[C@@H](C)[C@H]1CC[C@H]2[C@@H]3CC(=O)[C@@H]4C[C@H](O)[C@@H](I)C[C@]4(C)[C@H]3CC[C@]12C. The molecule has 13 atom stereocenters. The Morgan fingerprint density at radius 3 is 2.24 bits per heavy atom. The van der Waals surface area contributed by atoms with Crippen LogP contribution < -0.4 is 0 Å². The highest BCUT2D eigenvalue weighted by atomic mass is 127. The normalized spacial score (nSPS) is 49.1. The minimum absolute atomic E-state index is 0.0124. The highest BCUT2D eigenvalue weighted by Crippen LogP contribution is 2.68. The highest BCUT2D eigenvalue weighted by Gasteiger charge is 2.63. The Balaban J connectivity index is 1.56. The molecule has 0 aromatic heterocycles. The summed E-state index contributed by atoms with van der Waals surface area (Å²) in [6.07, 6.45) is 5.07. The highest BCUT2D eigenvalue weighted by molar-refractivity contribution is 14.1. The molecule has 4 aliphatic rings. The molecule has 190 valence electrons. The van der Waals surface area contributed by atoms with Crippen molar-refractivity contribution in [3.05, 3.63) is 0 Å². The van der Waals surface area contributed by atoms with E-state index in [1.165, 1.54) is 0 Å². The van der Waals surface area contributed by atoms with Gasteiger partial charge >= 0.3 is 0 Å². The number of carbonyl (C=O) groups is 1. The van der Waals surface area contributed by atoms with Gasteiger partial charge in [-0.25, -0.2) is 0 Å². The maximum atomic E-state index is 13.4. The molecule has 4 rings (SSSR count). The van der Waals surface area contributed by atoms with Crippen molar-refractivity contribution in [2.75, 3.05) is 0 Å². The first-order valence-corrected chi connectivity index (χ1v) is 14.8. The Morgan fingerprint density at radius 1 is 0.970 bits per heavy atom. The third kappa shape index (κ3) is 4.17. The van der Waals surface area contributed by atoms with E-state index in [0.29, 0.717) is 48.2 Å². The zero-order valence-electron chi connectivity index (χ0n) is 21.5. The molecular formula is C28H47IO4. The molecule has 0 aromatic carbocycles. The summed E-state index contributed by atoms with van der Waals surface area (Å²) in [6.45, 7) is 13.2. The fraction of sp³-hybridized carbons (Fsp3) is 0.964. The lowest BCUT2D eigenvalue weighted by Gasteiger charge is -2.61. The zero-order valence-corrected chi connectivity index (χ0v) is 23.7. The lowest BCUT2D eigenvalue weighted by Crippen LogP contribution is -2.59. The third-order valence-corrected chi connectivity index (χ3v) is 12.9. The van der Waals surface area contributed by atoms with Crippen LogP contribution in [0.15, 0.2) is 0 Å². The molecule has 0 radical (unpaired) electrons. The molecule has 4 nitrogen and oxygen atoms in total. The fourth-order valence-electron chi connectivity index (χ4n) is 9.19. The van der Waals surface area contributed by atoms with Crippen LogP contribution in [0.25, 0.3) is 0 Å². The van der Waals surface area contributed by atoms with Crippen molar-refractivity contribution in [3.63, 3.8) is 0 Å². The summed E-state index contributed by atoms with van der Waals surface area (Å²) >= 11 is 2.41. The van der Waals surface area contributed by atoms with Crippen LogP contribution in [0.4, 0.5) is 0 Å². The van der Waals surface area contributed by atoms with Crippen molar-refractivity contribution in [1.29, 1.82) is 0 Å². The van der Waals surface area contributed by atoms with E-state index < -0.39 is 12.2 Å². The van der Waals surface area contributed by atoms with Crippen molar-refractivity contribution in [3.8, 4) is 0 Å². The van der Waals surface area contributed by atoms with Crippen molar-refractivity contribution in [2.45, 2.75) is 109 Å². The van der Waals surface area contributed by atoms with Crippen LogP contribution in [0.1, 0.15) is 86.5 Å². The first-order valence-electron chi connectivity index (χ1n) is 13.5. The van der Waals surface area contributed by atoms with E-state index in [4.69, 9.17) is 0 Å². The van der Waals surface area contributed by atoms with Crippen LogP contribution in [-0.4, -0.2) is 43.3 Å². The topological polar surface area (TPSA) is 77.8 Å². The molecular weight excluding hydrogens is 527 g/mol. The average molecular weight is 575 g/mol. The second-order valence-electron chi connectivity index (χ2n) is 13.3. The first kappa shape index (κ1) is 26.3. The third-order valence-electron chi connectivity index (χ3n) is 11.6. The lowest BCUT2D eigenvalue weighted by atomic mass is 9.44. The van der Waals surface area contributed by atoms with Crippen LogP contribution in [0, 0.1) is 58.2 Å². The van der Waals surface area contributed by atoms with Crippen LogP contribution in [0.3, 0.4) is 0 Å². The summed E-state index contributed by atoms with van der Waals surface area (Å²) < 4.78 is 0.236. The van der Waals surface area contributed by atoms with Gasteiger partial charge in [-0.1, -0.05) is 64.1 Å². The number of hydrogen-bond donors (Lipinski definition) is 3. The Kier molecular flexibility index (Phi) is 7.42. The molecule has 0 aliphatic heterocycles. The van der Waals surface area contributed by atoms with E-state index in [-0.39, 0.29) is 38.6 Å². The molecule has 3 N–H and O–H groups in total. The second kappa shape index (κ2) is 9.30. The molecule has 0 bridgehead atoms. The standard InChI is InChI=1S/C28H47IO4/c1-14(2)15(3)25(32)26(33)16(4)18-7-8-19-17-11-23(30)21-12-24(31)22(29)13-28(21,6)20(17)9-10-27(18,19)5/h14-22,24-26,31-33H,7-13H2,1-6H3/t15-,16+,17+,18-,19+,20+,21+,22+,24+,25-,26-,27-,28-/m1/s1. The number of hydrogen-bond acceptors (Lipinski definition) is 4. The summed E-state index contributed by atoms with van der Waals surface area (Å²) in [5.41, 5.74) is 0.141. The van der Waals surface area contributed by atoms with E-state index >= 15 is 0 Å². The number of carbonyl (C=O) groups excluding carboxylic acids is 1. The van der Waals surface area contributed by atoms with Crippen molar-refractivity contribution in [2.24, 2.45) is 58.2 Å². The lowest BCUT2D eigenvalue weighted by molar-refractivity contribution is -0.160. The smallest absolute Gasteiger partial charge is 0.136 e. The number of alkyl halides is 1. The molecule has 4 fully saturated rings. The zero-order chi connectivity index (χ0) is 24.5. The van der Waals surface area contributed by atoms with Crippen LogP contribution >= 0.6 is 22.6 Å². The quantitative estimate of drug-likeness (QED) is 0.310. The van der Waals surface area contributed by atoms with E-state index in [0.717, 1.165) is 32.1 Å². The van der Waals surface area contributed by atoms with Crippen LogP contribution in [-0.2, 0) is 4.79 Å². The van der Waals surface area contributed by atoms with Gasteiger partial charge in [0.2, 0.25) is 0 Å². The molecule has 0 heterocycles. The van der Waals surface area contributed by atoms with Crippen molar-refractivity contribution >= 4 is 28.4 Å². The summed E-state index contributed by atoms with van der Waals surface area (Å²) in [5.74, 6) is 2.78. The Labute approximate surface area is 214 Å². The van der Waals surface area contributed by atoms with Crippen molar-refractivity contribution in [1.82, 2.24) is 0 Å². The summed E-state index contributed by atoms with van der Waals surface area (Å²) in [6, 6.07) is 0. The number of aliphatic hydroxyl groups is 3. The van der Waals surface area contributed by atoms with Gasteiger partial charge in [-0.2, -0.15) is 0 Å². The van der Waals surface area contributed by atoms with Crippen LogP contribution in [0.2, 0.25) is 0 Å². The molecule has 0 spiro atoms. The molecule has 0 amide bonds. The number of Topliss-reactive ketones (excluding diaryl/α,β-unsaturated/α-hetero) is 1. The van der Waals surface area contributed by atoms with Gasteiger partial charge in [0.05, 0.1) is 18.3 Å². The van der Waals surface area contributed by atoms with Gasteiger partial charge in [0, 0.05) is 16.3 Å². The Hall–Kier alpha value is 0.280. The maximum absolute atomic E-state index is 13.4. The van der Waals surface area contributed by atoms with Crippen molar-refractivity contribution < 1.29 is 20.1 Å². The van der Waals surface area contributed by atoms with E-state index in [1.54, 1.807) is 0 Å². The molecule has 4 aliphatic carbocycles. The number of ketones is 1. The van der Waals surface area contributed by atoms with Gasteiger partial charge in [-0.3, -0.25) is 4.79 Å². The fourth-order valence-corrected chi connectivity index (χ4v) is 10.4. The average Bonchev–Trinajstić information content (AvgIpc) is 3.10. The molecule has 5 heteroatoms. The summed E-state index contributed by atoms with van der Waals surface area (Å²) in [7, 11) is 0. The maximum Gasteiger partial charge on any atom is 0.136 e. The largest absolute Gasteiger partial charge is 0.392 e. The Morgan fingerprint density at radius 2 is 1.61 bits per heavy atom. The van der Waals surface area contributed by atoms with Gasteiger partial charge in [0.1, 0.15) is 5.78 Å². The van der Waals surface area contributed by atoms with Gasteiger partial charge in [-0.05, 0) is 90.8 Å². The van der Waals surface area contributed by atoms with E-state index in [1.807, 2.05) is 6.92 Å². The van der Waals surface area contributed by atoms with Gasteiger partial charge in [-0.15, -0.1) is 0 Å². The van der Waals surface area contributed by atoms with Crippen LogP contribution in [0.5, 0.6) is 0 Å². The number of halogens is 1. The predicted octanol–water partition coefficient (Wildman–Crippen LogP) is 5.25. The van der Waals surface area contributed by atoms with Gasteiger partial charge in [0.15, 0.2) is 0 Å². The van der Waals surface area contributed by atoms with E-state index in [2.05, 4.69) is 57.2 Å². The molecule has 0 unspecified atom stereocenters. The molecule has 33 heavy (non-hydrogen) atoms. The molecule has 4 saturated carbocycles. The number of aliphatic hydroxyl groups excluding tert-OH is 3. The van der Waals surface area contributed by atoms with Gasteiger partial charge < -0.3 is 15.3 Å². The summed E-state index contributed by atoms with van der Waals surface area (Å²) in [5, 5.41) is 32.5. The number of fused-ring (bicyclic) bond motifs is 5. The Bertz CT molecular complexity index is 741. The molecule has 0 saturated heterocycles. The first-order chi connectivity index (χ1) is 15.3. The summed E-state index contributed by atoms with van der Waals surface area (Å²) in [4.78, 5) is 13.4. The number of rotatable bonds is 5. The van der Waals surface area contributed by atoms with E-state index in [9.17, 15) is 20.1 Å². The van der Waals surface area contributed by atoms with Gasteiger partial charge in [0.25, 0.3) is 0 Å². The minimum atomic E-state index is -0.699. The molecule has 0 aromatic rings. The monoisotopic (exact) mass is 574 g/mol. The minimum Gasteiger partial charge on any atom is -0.392 e. The predicted molar refractivity (Wildman–Crippen MR) is 140 cm³/mol. The second-order valence-corrected chi connectivity index (χ2v) is 14.9.